The van der Waals surface area contributed by atoms with E-state index in [1.54, 1.807) is 0 Å². The molecule has 0 aliphatic rings. The Labute approximate surface area is 131 Å². The van der Waals surface area contributed by atoms with Crippen LogP contribution in [0.2, 0.25) is 5.02 Å². The Morgan fingerprint density at radius 2 is 1.76 bits per heavy atom. The molecule has 2 rings (SSSR count). The molecule has 0 aliphatic heterocycles. The van der Waals surface area contributed by atoms with Crippen molar-refractivity contribution in [1.29, 1.82) is 0 Å². The summed E-state index contributed by atoms with van der Waals surface area (Å²) in [5, 5.41) is 0.682. The SMILES string of the molecule is NC(=O)CC[S@](=O)Cc1ccccc1-c1ccc(Cl)cc1. The molecule has 0 saturated carbocycles. The molecule has 2 N–H and O–H groups in total. The van der Waals surface area contributed by atoms with Crippen LogP contribution in [0.25, 0.3) is 11.1 Å². The lowest BCUT2D eigenvalue weighted by atomic mass is 10.0. The maximum Gasteiger partial charge on any atom is 0.218 e. The highest BCUT2D eigenvalue weighted by atomic mass is 35.5. The highest BCUT2D eigenvalue weighted by molar-refractivity contribution is 7.84. The number of hydrogen-bond acceptors (Lipinski definition) is 2. The van der Waals surface area contributed by atoms with Gasteiger partial charge in [-0.3, -0.25) is 9.00 Å². The van der Waals surface area contributed by atoms with Crippen molar-refractivity contribution in [1.82, 2.24) is 0 Å². The molecule has 1 atom stereocenters. The predicted octanol–water partition coefficient (Wildman–Crippen LogP) is 3.13. The third-order valence-corrected chi connectivity index (χ3v) is 4.61. The summed E-state index contributed by atoms with van der Waals surface area (Å²) in [4.78, 5) is 10.8. The Morgan fingerprint density at radius 1 is 1.10 bits per heavy atom. The van der Waals surface area contributed by atoms with E-state index < -0.39 is 16.7 Å². The van der Waals surface area contributed by atoms with Crippen molar-refractivity contribution in [3.8, 4) is 11.1 Å². The molecule has 3 nitrogen and oxygen atoms in total. The number of benzene rings is 2. The van der Waals surface area contributed by atoms with Crippen molar-refractivity contribution < 1.29 is 9.00 Å². The number of nitrogens with two attached hydrogens (primary N) is 1. The Kier molecular flexibility index (Phi) is 5.53. The Bertz CT molecular complexity index is 656. The van der Waals surface area contributed by atoms with Crippen molar-refractivity contribution in [3.05, 3.63) is 59.1 Å². The zero-order valence-electron chi connectivity index (χ0n) is 11.4. The Hall–Kier alpha value is -1.65. The Morgan fingerprint density at radius 3 is 2.43 bits per heavy atom. The molecule has 5 heteroatoms. The van der Waals surface area contributed by atoms with Crippen LogP contribution in [0.1, 0.15) is 12.0 Å². The van der Waals surface area contributed by atoms with Gasteiger partial charge in [0.15, 0.2) is 0 Å². The van der Waals surface area contributed by atoms with E-state index in [-0.39, 0.29) is 6.42 Å². The van der Waals surface area contributed by atoms with Crippen LogP contribution < -0.4 is 5.73 Å². The van der Waals surface area contributed by atoms with Crippen molar-refractivity contribution in [3.63, 3.8) is 0 Å². The van der Waals surface area contributed by atoms with Gasteiger partial charge in [-0.1, -0.05) is 48.0 Å². The second-order valence-corrected chi connectivity index (χ2v) is 6.68. The van der Waals surface area contributed by atoms with E-state index in [1.165, 1.54) is 0 Å². The molecule has 0 aromatic heterocycles. The summed E-state index contributed by atoms with van der Waals surface area (Å²) in [6.45, 7) is 0. The van der Waals surface area contributed by atoms with E-state index >= 15 is 0 Å². The van der Waals surface area contributed by atoms with Gasteiger partial charge in [0, 0.05) is 33.7 Å². The van der Waals surface area contributed by atoms with Crippen molar-refractivity contribution >= 4 is 28.3 Å². The smallest absolute Gasteiger partial charge is 0.218 e. The molecule has 0 unspecified atom stereocenters. The molecular formula is C16H16ClNO2S. The maximum absolute atomic E-state index is 12.0. The van der Waals surface area contributed by atoms with Gasteiger partial charge in [0.2, 0.25) is 5.91 Å². The second-order valence-electron chi connectivity index (χ2n) is 4.67. The van der Waals surface area contributed by atoms with Crippen LogP contribution >= 0.6 is 11.6 Å². The number of carbonyl (C=O) groups is 1. The molecule has 0 fully saturated rings. The standard InChI is InChI=1S/C16H16ClNO2S/c17-14-7-5-12(6-8-14)15-4-2-1-3-13(15)11-21(20)10-9-16(18)19/h1-8H,9-11H2,(H2,18,19)/t21-/m0/s1. The van der Waals surface area contributed by atoms with Crippen LogP contribution in [-0.4, -0.2) is 15.9 Å². The Balaban J connectivity index is 2.19. The number of rotatable bonds is 6. The van der Waals surface area contributed by atoms with Crippen LogP contribution in [-0.2, 0) is 21.3 Å². The highest BCUT2D eigenvalue weighted by Gasteiger charge is 2.09. The van der Waals surface area contributed by atoms with E-state index in [4.69, 9.17) is 17.3 Å². The van der Waals surface area contributed by atoms with Gasteiger partial charge in [-0.15, -0.1) is 0 Å². The molecule has 0 spiro atoms. The summed E-state index contributed by atoms with van der Waals surface area (Å²) in [5.74, 6) is 0.283. The average molecular weight is 322 g/mol. The number of primary amides is 1. The molecule has 1 amide bonds. The quantitative estimate of drug-likeness (QED) is 0.888. The summed E-state index contributed by atoms with van der Waals surface area (Å²) in [7, 11) is -1.11. The van der Waals surface area contributed by atoms with E-state index in [9.17, 15) is 9.00 Å². The summed E-state index contributed by atoms with van der Waals surface area (Å²) in [6.07, 6.45) is 0.149. The normalized spacial score (nSPS) is 12.0. The molecule has 0 radical (unpaired) electrons. The summed E-state index contributed by atoms with van der Waals surface area (Å²) < 4.78 is 12.0. The largest absolute Gasteiger partial charge is 0.370 e. The van der Waals surface area contributed by atoms with E-state index in [0.29, 0.717) is 16.5 Å². The third-order valence-electron chi connectivity index (χ3n) is 3.07. The van der Waals surface area contributed by atoms with Gasteiger partial charge in [0.1, 0.15) is 0 Å². The van der Waals surface area contributed by atoms with E-state index in [0.717, 1.165) is 16.7 Å². The van der Waals surface area contributed by atoms with Gasteiger partial charge < -0.3 is 5.73 Å². The second kappa shape index (κ2) is 7.38. The zero-order valence-corrected chi connectivity index (χ0v) is 13.0. The van der Waals surface area contributed by atoms with Crippen LogP contribution in [0.4, 0.5) is 0 Å². The van der Waals surface area contributed by atoms with Gasteiger partial charge in [-0.05, 0) is 28.8 Å². The molecule has 2 aromatic rings. The number of carbonyl (C=O) groups excluding carboxylic acids is 1. The molecule has 0 saturated heterocycles. The van der Waals surface area contributed by atoms with E-state index in [1.807, 2.05) is 48.5 Å². The summed E-state index contributed by atoms with van der Waals surface area (Å²) in [6, 6.07) is 15.3. The van der Waals surface area contributed by atoms with Crippen LogP contribution in [0.3, 0.4) is 0 Å². The maximum atomic E-state index is 12.0. The predicted molar refractivity (Wildman–Crippen MR) is 87.4 cm³/mol. The van der Waals surface area contributed by atoms with Crippen molar-refractivity contribution in [2.24, 2.45) is 5.73 Å². The fourth-order valence-electron chi connectivity index (χ4n) is 2.02. The van der Waals surface area contributed by atoms with E-state index in [2.05, 4.69) is 0 Å². The summed E-state index contributed by atoms with van der Waals surface area (Å²) in [5.41, 5.74) is 8.13. The van der Waals surface area contributed by atoms with Crippen LogP contribution in [0, 0.1) is 0 Å². The first-order chi connectivity index (χ1) is 10.1. The first-order valence-corrected chi connectivity index (χ1v) is 8.40. The van der Waals surface area contributed by atoms with Gasteiger partial charge in [-0.2, -0.15) is 0 Å². The number of halogens is 1. The topological polar surface area (TPSA) is 60.2 Å². The lowest BCUT2D eigenvalue weighted by Gasteiger charge is -2.09. The lowest BCUT2D eigenvalue weighted by molar-refractivity contribution is -0.117. The molecule has 2 aromatic carbocycles. The minimum atomic E-state index is -1.11. The highest BCUT2D eigenvalue weighted by Crippen LogP contribution is 2.26. The monoisotopic (exact) mass is 321 g/mol. The van der Waals surface area contributed by atoms with Crippen molar-refractivity contribution in [2.45, 2.75) is 12.2 Å². The molecule has 0 heterocycles. The first-order valence-electron chi connectivity index (χ1n) is 6.53. The van der Waals surface area contributed by atoms with Crippen molar-refractivity contribution in [2.75, 3.05) is 5.75 Å². The number of hydrogen-bond donors (Lipinski definition) is 1. The fraction of sp³-hybridized carbons (Fsp3) is 0.188. The first kappa shape index (κ1) is 15.7. The van der Waals surface area contributed by atoms with Crippen LogP contribution in [0.5, 0.6) is 0 Å². The van der Waals surface area contributed by atoms with Gasteiger partial charge in [0.25, 0.3) is 0 Å². The van der Waals surface area contributed by atoms with Gasteiger partial charge in [0.05, 0.1) is 0 Å². The summed E-state index contributed by atoms with van der Waals surface area (Å²) >= 11 is 5.90. The molecule has 0 bridgehead atoms. The minimum absolute atomic E-state index is 0.149. The van der Waals surface area contributed by atoms with Crippen LogP contribution in [0.15, 0.2) is 48.5 Å². The van der Waals surface area contributed by atoms with Gasteiger partial charge >= 0.3 is 0 Å². The fourth-order valence-corrected chi connectivity index (χ4v) is 3.32. The lowest BCUT2D eigenvalue weighted by Crippen LogP contribution is -2.15. The minimum Gasteiger partial charge on any atom is -0.370 e. The third kappa shape index (κ3) is 4.69. The average Bonchev–Trinajstić information content (AvgIpc) is 2.47. The number of amides is 1. The van der Waals surface area contributed by atoms with Gasteiger partial charge in [-0.25, -0.2) is 0 Å². The molecule has 0 aliphatic carbocycles. The molecule has 21 heavy (non-hydrogen) atoms. The molecule has 110 valence electrons. The zero-order chi connectivity index (χ0) is 15.2. The molecular weight excluding hydrogens is 306 g/mol.